The van der Waals surface area contributed by atoms with Gasteiger partial charge in [-0.1, -0.05) is 0 Å². The predicted molar refractivity (Wildman–Crippen MR) is 91.1 cm³/mol. The largest absolute Gasteiger partial charge is 0.493 e. The van der Waals surface area contributed by atoms with Crippen LogP contribution in [0.25, 0.3) is 0 Å². The first-order chi connectivity index (χ1) is 11.4. The Morgan fingerprint density at radius 1 is 1.00 bits per heavy atom. The van der Waals surface area contributed by atoms with E-state index < -0.39 is 23.4 Å². The van der Waals surface area contributed by atoms with Crippen molar-refractivity contribution in [3.8, 4) is 5.75 Å². The fourth-order valence-electron chi connectivity index (χ4n) is 1.70. The highest BCUT2D eigenvalue weighted by Crippen LogP contribution is 2.29. The van der Waals surface area contributed by atoms with Gasteiger partial charge in [0.15, 0.2) is 17.9 Å². The number of aromatic nitrogens is 1. The minimum absolute atomic E-state index is 0.0212. The molecule has 0 radical (unpaired) electrons. The summed E-state index contributed by atoms with van der Waals surface area (Å²) in [5, 5.41) is 0. The second-order valence-corrected chi connectivity index (χ2v) is 7.18. The van der Waals surface area contributed by atoms with E-state index in [1.54, 1.807) is 41.5 Å². The number of hydrogen-bond acceptors (Lipinski definition) is 7. The van der Waals surface area contributed by atoms with Crippen LogP contribution in [-0.2, 0) is 9.47 Å². The summed E-state index contributed by atoms with van der Waals surface area (Å²) in [7, 11) is 1.35. The third kappa shape index (κ3) is 6.06. The van der Waals surface area contributed by atoms with Gasteiger partial charge in [-0.05, 0) is 53.7 Å². The Morgan fingerprint density at radius 2 is 1.48 bits per heavy atom. The lowest BCUT2D eigenvalue weighted by Crippen LogP contribution is -2.44. The molecule has 0 atom stereocenters. The lowest BCUT2D eigenvalue weighted by Gasteiger charge is -2.28. The van der Waals surface area contributed by atoms with Crippen LogP contribution in [0.5, 0.6) is 5.75 Å². The fourth-order valence-corrected chi connectivity index (χ4v) is 1.70. The van der Waals surface area contributed by atoms with Gasteiger partial charge in [0.2, 0.25) is 0 Å². The van der Waals surface area contributed by atoms with Crippen LogP contribution >= 0.6 is 0 Å². The summed E-state index contributed by atoms with van der Waals surface area (Å²) in [5.74, 6) is -0.0714. The lowest BCUT2D eigenvalue weighted by molar-refractivity contribution is 0.0427. The Bertz CT molecular complexity index is 630. The van der Waals surface area contributed by atoms with Crippen LogP contribution in [0.1, 0.15) is 52.0 Å². The molecule has 0 aromatic carbocycles. The molecule has 2 amide bonds. The average Bonchev–Trinajstić information content (AvgIpc) is 2.43. The molecule has 0 fully saturated rings. The van der Waals surface area contributed by atoms with Crippen molar-refractivity contribution in [2.45, 2.75) is 52.7 Å². The van der Waals surface area contributed by atoms with Crippen LogP contribution in [0.2, 0.25) is 0 Å². The van der Waals surface area contributed by atoms with E-state index in [4.69, 9.17) is 14.2 Å². The van der Waals surface area contributed by atoms with Gasteiger partial charge >= 0.3 is 12.2 Å². The van der Waals surface area contributed by atoms with Gasteiger partial charge in [0.25, 0.3) is 0 Å². The van der Waals surface area contributed by atoms with E-state index in [1.165, 1.54) is 19.2 Å². The van der Waals surface area contributed by atoms with Crippen LogP contribution in [0.15, 0.2) is 12.1 Å². The van der Waals surface area contributed by atoms with Crippen molar-refractivity contribution in [1.29, 1.82) is 0 Å². The first-order valence-corrected chi connectivity index (χ1v) is 7.64. The fraction of sp³-hybridized carbons (Fsp3) is 0.529. The minimum atomic E-state index is -0.990. The molecule has 0 aliphatic rings. The van der Waals surface area contributed by atoms with Crippen molar-refractivity contribution < 1.29 is 28.6 Å². The van der Waals surface area contributed by atoms with Gasteiger partial charge in [0.05, 0.1) is 7.11 Å². The van der Waals surface area contributed by atoms with Gasteiger partial charge in [-0.2, -0.15) is 4.90 Å². The number of carbonyl (C=O) groups excluding carboxylic acids is 3. The maximum absolute atomic E-state index is 12.6. The van der Waals surface area contributed by atoms with Crippen LogP contribution in [-0.4, -0.2) is 41.8 Å². The molecular weight excluding hydrogens is 328 g/mol. The Hall–Kier alpha value is -2.64. The zero-order chi connectivity index (χ0) is 19.4. The van der Waals surface area contributed by atoms with Gasteiger partial charge in [-0.15, -0.1) is 0 Å². The summed E-state index contributed by atoms with van der Waals surface area (Å²) < 4.78 is 15.7. The Kier molecular flexibility index (Phi) is 6.12. The predicted octanol–water partition coefficient (Wildman–Crippen LogP) is 3.58. The van der Waals surface area contributed by atoms with Gasteiger partial charge in [-0.3, -0.25) is 4.79 Å². The molecule has 0 aliphatic carbocycles. The van der Waals surface area contributed by atoms with E-state index >= 15 is 0 Å². The zero-order valence-electron chi connectivity index (χ0n) is 15.6. The molecular formula is C17H24N2O6. The maximum atomic E-state index is 12.6. The van der Waals surface area contributed by atoms with E-state index in [0.717, 1.165) is 0 Å². The van der Waals surface area contributed by atoms with Crippen molar-refractivity contribution in [3.63, 3.8) is 0 Å². The number of pyridine rings is 1. The lowest BCUT2D eigenvalue weighted by atomic mass is 10.2. The number of methoxy groups -OCH3 is 1. The third-order valence-electron chi connectivity index (χ3n) is 2.57. The Balaban J connectivity index is 3.43. The van der Waals surface area contributed by atoms with Crippen LogP contribution in [0, 0.1) is 0 Å². The zero-order valence-corrected chi connectivity index (χ0v) is 15.6. The quantitative estimate of drug-likeness (QED) is 0.767. The van der Waals surface area contributed by atoms with Gasteiger partial charge in [0.1, 0.15) is 16.9 Å². The highest BCUT2D eigenvalue weighted by atomic mass is 16.6. The molecule has 25 heavy (non-hydrogen) atoms. The van der Waals surface area contributed by atoms with Crippen molar-refractivity contribution in [1.82, 2.24) is 4.98 Å². The first-order valence-electron chi connectivity index (χ1n) is 7.64. The summed E-state index contributed by atoms with van der Waals surface area (Å²) in [5.41, 5.74) is -1.69. The van der Waals surface area contributed by atoms with Gasteiger partial charge < -0.3 is 14.2 Å². The number of amides is 2. The van der Waals surface area contributed by atoms with Crippen LogP contribution < -0.4 is 9.64 Å². The molecule has 0 unspecified atom stereocenters. The maximum Gasteiger partial charge on any atom is 0.425 e. The molecule has 0 saturated heterocycles. The number of ether oxygens (including phenoxy) is 3. The number of rotatable bonds is 3. The number of anilines is 1. The van der Waals surface area contributed by atoms with Crippen molar-refractivity contribution >= 4 is 24.3 Å². The van der Waals surface area contributed by atoms with E-state index in [0.29, 0.717) is 11.2 Å². The van der Waals surface area contributed by atoms with Crippen molar-refractivity contribution in [2.24, 2.45) is 0 Å². The summed E-state index contributed by atoms with van der Waals surface area (Å²) >= 11 is 0. The van der Waals surface area contributed by atoms with Crippen LogP contribution in [0.4, 0.5) is 15.4 Å². The summed E-state index contributed by atoms with van der Waals surface area (Å²) in [6.45, 7) is 9.94. The van der Waals surface area contributed by atoms with E-state index in [2.05, 4.69) is 4.98 Å². The monoisotopic (exact) mass is 352 g/mol. The molecule has 1 aromatic heterocycles. The molecule has 0 spiro atoms. The second kappa shape index (κ2) is 7.50. The average molecular weight is 352 g/mol. The van der Waals surface area contributed by atoms with E-state index in [-0.39, 0.29) is 17.3 Å². The topological polar surface area (TPSA) is 95.0 Å². The van der Waals surface area contributed by atoms with Gasteiger partial charge in [0, 0.05) is 0 Å². The number of nitrogens with zero attached hydrogens (tertiary/aromatic N) is 2. The highest BCUT2D eigenvalue weighted by molar-refractivity contribution is 6.09. The number of hydrogen-bond donors (Lipinski definition) is 0. The Labute approximate surface area is 147 Å². The molecule has 0 bridgehead atoms. The third-order valence-corrected chi connectivity index (χ3v) is 2.57. The molecule has 1 heterocycles. The number of aldehydes is 1. The smallest absolute Gasteiger partial charge is 0.425 e. The van der Waals surface area contributed by atoms with Gasteiger partial charge in [-0.25, -0.2) is 14.6 Å². The molecule has 0 N–H and O–H groups in total. The van der Waals surface area contributed by atoms with E-state index in [1.807, 2.05) is 0 Å². The highest BCUT2D eigenvalue weighted by Gasteiger charge is 2.35. The molecule has 138 valence electrons. The standard InChI is InChI=1S/C17H24N2O6/c1-16(2,3)24-14(21)19(15(22)25-17(4,5)6)13-12(23-7)9-8-11(10-20)18-13/h8-10H,1-7H3. The van der Waals surface area contributed by atoms with Crippen molar-refractivity contribution in [3.05, 3.63) is 17.8 Å². The molecule has 0 aliphatic heterocycles. The molecule has 0 saturated carbocycles. The SMILES string of the molecule is COc1ccc(C=O)nc1N(C(=O)OC(C)(C)C)C(=O)OC(C)(C)C. The molecule has 1 rings (SSSR count). The Morgan fingerprint density at radius 3 is 1.84 bits per heavy atom. The minimum Gasteiger partial charge on any atom is -0.493 e. The number of carbonyl (C=O) groups is 3. The molecule has 8 nitrogen and oxygen atoms in total. The first kappa shape index (κ1) is 20.4. The van der Waals surface area contributed by atoms with Crippen LogP contribution in [0.3, 0.4) is 0 Å². The summed E-state index contributed by atoms with van der Waals surface area (Å²) in [6.07, 6.45) is -1.49. The molecule has 1 aromatic rings. The second-order valence-electron chi connectivity index (χ2n) is 7.18. The normalized spacial score (nSPS) is 11.5. The number of imide groups is 1. The van der Waals surface area contributed by atoms with E-state index in [9.17, 15) is 14.4 Å². The summed E-state index contributed by atoms with van der Waals surface area (Å²) in [6, 6.07) is 2.82. The van der Waals surface area contributed by atoms with Crippen molar-refractivity contribution in [2.75, 3.05) is 12.0 Å². The molecule has 8 heteroatoms. The summed E-state index contributed by atoms with van der Waals surface area (Å²) in [4.78, 5) is 40.8.